The van der Waals surface area contributed by atoms with Crippen molar-refractivity contribution in [3.05, 3.63) is 70.5 Å². The number of hydrogen-bond acceptors (Lipinski definition) is 6. The third-order valence-corrected chi connectivity index (χ3v) is 5.40. The van der Waals surface area contributed by atoms with Crippen LogP contribution in [0.2, 0.25) is 0 Å². The molecule has 7 heteroatoms. The lowest BCUT2D eigenvalue weighted by Crippen LogP contribution is -2.38. The Bertz CT molecular complexity index is 1070. The van der Waals surface area contributed by atoms with Gasteiger partial charge in [0.05, 0.1) is 18.7 Å². The molecule has 0 atom stereocenters. The molecule has 0 unspecified atom stereocenters. The SMILES string of the molecule is COc1ccc(N2CSc3nc(-c4ccccc4)c(C#N)c(=O)n3C2)cc1. The van der Waals surface area contributed by atoms with E-state index in [1.165, 1.54) is 11.8 Å². The van der Waals surface area contributed by atoms with Crippen molar-refractivity contribution < 1.29 is 4.74 Å². The highest BCUT2D eigenvalue weighted by atomic mass is 32.2. The van der Waals surface area contributed by atoms with Crippen LogP contribution in [0.15, 0.2) is 64.5 Å². The van der Waals surface area contributed by atoms with E-state index in [1.54, 1.807) is 11.7 Å². The first-order chi connectivity index (χ1) is 13.2. The fraction of sp³-hybridized carbons (Fsp3) is 0.150. The van der Waals surface area contributed by atoms with E-state index in [-0.39, 0.29) is 11.1 Å². The standard InChI is InChI=1S/C20H16N4O2S/c1-26-16-9-7-15(8-10-16)23-12-24-19(25)17(11-21)18(22-20(24)27-13-23)14-5-3-2-4-6-14/h2-10H,12-13H2,1H3. The molecule has 134 valence electrons. The Hall–Kier alpha value is -3.24. The molecule has 0 radical (unpaired) electrons. The van der Waals surface area contributed by atoms with Gasteiger partial charge in [-0.15, -0.1) is 0 Å². The van der Waals surface area contributed by atoms with Gasteiger partial charge < -0.3 is 9.64 Å². The van der Waals surface area contributed by atoms with Crippen molar-refractivity contribution in [2.45, 2.75) is 11.8 Å². The largest absolute Gasteiger partial charge is 0.497 e. The highest BCUT2D eigenvalue weighted by molar-refractivity contribution is 7.99. The molecule has 2 heterocycles. The first-order valence-electron chi connectivity index (χ1n) is 8.33. The van der Waals surface area contributed by atoms with Crippen LogP contribution in [0.4, 0.5) is 5.69 Å². The fourth-order valence-corrected chi connectivity index (χ4v) is 3.93. The van der Waals surface area contributed by atoms with Crippen molar-refractivity contribution in [1.29, 1.82) is 5.26 Å². The molecule has 0 fully saturated rings. The van der Waals surface area contributed by atoms with Crippen LogP contribution in [0.1, 0.15) is 5.56 Å². The number of nitriles is 1. The lowest BCUT2D eigenvalue weighted by atomic mass is 10.1. The van der Waals surface area contributed by atoms with Crippen molar-refractivity contribution in [3.8, 4) is 23.1 Å². The average Bonchev–Trinajstić information content (AvgIpc) is 2.74. The summed E-state index contributed by atoms with van der Waals surface area (Å²) in [5.74, 6) is 1.45. The Kier molecular flexibility index (Phi) is 4.57. The Morgan fingerprint density at radius 2 is 1.89 bits per heavy atom. The molecular formula is C20H16N4O2S. The number of anilines is 1. The summed E-state index contributed by atoms with van der Waals surface area (Å²) >= 11 is 1.48. The minimum Gasteiger partial charge on any atom is -0.497 e. The highest BCUT2D eigenvalue weighted by Gasteiger charge is 2.24. The zero-order valence-corrected chi connectivity index (χ0v) is 15.4. The molecule has 6 nitrogen and oxygen atoms in total. The molecule has 2 aromatic carbocycles. The van der Waals surface area contributed by atoms with Crippen LogP contribution in [0.5, 0.6) is 5.75 Å². The predicted octanol–water partition coefficient (Wildman–Crippen LogP) is 3.32. The van der Waals surface area contributed by atoms with Gasteiger partial charge in [0, 0.05) is 11.3 Å². The van der Waals surface area contributed by atoms with E-state index in [4.69, 9.17) is 4.74 Å². The van der Waals surface area contributed by atoms with E-state index in [1.807, 2.05) is 60.7 Å². The first kappa shape index (κ1) is 17.2. The monoisotopic (exact) mass is 376 g/mol. The summed E-state index contributed by atoms with van der Waals surface area (Å²) < 4.78 is 6.75. The smallest absolute Gasteiger partial charge is 0.274 e. The molecule has 1 aromatic heterocycles. The van der Waals surface area contributed by atoms with Crippen LogP contribution in [0, 0.1) is 11.3 Å². The van der Waals surface area contributed by atoms with E-state index in [2.05, 4.69) is 9.88 Å². The lowest BCUT2D eigenvalue weighted by molar-refractivity contribution is 0.414. The van der Waals surface area contributed by atoms with Gasteiger partial charge in [-0.3, -0.25) is 9.36 Å². The molecule has 0 bridgehead atoms. The van der Waals surface area contributed by atoms with Gasteiger partial charge in [-0.1, -0.05) is 42.1 Å². The van der Waals surface area contributed by atoms with E-state index in [0.29, 0.717) is 23.4 Å². The summed E-state index contributed by atoms with van der Waals surface area (Å²) in [6.45, 7) is 0.351. The minimum atomic E-state index is -0.313. The molecule has 1 aliphatic heterocycles. The van der Waals surface area contributed by atoms with Crippen molar-refractivity contribution >= 4 is 17.4 Å². The Labute approximate surface area is 160 Å². The molecule has 4 rings (SSSR count). The van der Waals surface area contributed by atoms with Crippen molar-refractivity contribution in [2.75, 3.05) is 17.9 Å². The van der Waals surface area contributed by atoms with E-state index in [0.717, 1.165) is 17.0 Å². The normalized spacial score (nSPS) is 13.0. The summed E-state index contributed by atoms with van der Waals surface area (Å²) in [5, 5.41) is 10.2. The molecule has 0 N–H and O–H groups in total. The van der Waals surface area contributed by atoms with Crippen LogP contribution in [0.25, 0.3) is 11.3 Å². The number of methoxy groups -OCH3 is 1. The molecule has 0 spiro atoms. The maximum Gasteiger partial charge on any atom is 0.274 e. The van der Waals surface area contributed by atoms with Gasteiger partial charge in [0.15, 0.2) is 5.16 Å². The number of benzene rings is 2. The van der Waals surface area contributed by atoms with Gasteiger partial charge in [-0.05, 0) is 24.3 Å². The molecule has 0 amide bonds. The highest BCUT2D eigenvalue weighted by Crippen LogP contribution is 2.30. The van der Waals surface area contributed by atoms with Crippen molar-refractivity contribution in [1.82, 2.24) is 9.55 Å². The van der Waals surface area contributed by atoms with Crippen LogP contribution < -0.4 is 15.2 Å². The summed E-state index contributed by atoms with van der Waals surface area (Å²) in [4.78, 5) is 19.6. The van der Waals surface area contributed by atoms with Crippen LogP contribution in [-0.4, -0.2) is 22.5 Å². The molecular weight excluding hydrogens is 360 g/mol. The maximum atomic E-state index is 13.0. The second kappa shape index (κ2) is 7.17. The average molecular weight is 376 g/mol. The second-order valence-corrected chi connectivity index (χ2v) is 6.89. The lowest BCUT2D eigenvalue weighted by Gasteiger charge is -2.31. The zero-order valence-electron chi connectivity index (χ0n) is 14.6. The molecule has 3 aromatic rings. The van der Waals surface area contributed by atoms with Crippen LogP contribution >= 0.6 is 11.8 Å². The molecule has 0 saturated heterocycles. The third-order valence-electron chi connectivity index (χ3n) is 4.39. The molecule has 1 aliphatic rings. The fourth-order valence-electron chi connectivity index (χ4n) is 2.97. The van der Waals surface area contributed by atoms with E-state index >= 15 is 0 Å². The Balaban J connectivity index is 1.74. The number of nitrogens with zero attached hydrogens (tertiary/aromatic N) is 4. The molecule has 27 heavy (non-hydrogen) atoms. The topological polar surface area (TPSA) is 71.2 Å². The van der Waals surface area contributed by atoms with Gasteiger partial charge in [0.2, 0.25) is 0 Å². The quantitative estimate of drug-likeness (QED) is 0.653. The number of fused-ring (bicyclic) bond motifs is 1. The maximum absolute atomic E-state index is 13.0. The minimum absolute atomic E-state index is 0.0714. The first-order valence-corrected chi connectivity index (χ1v) is 9.32. The predicted molar refractivity (Wildman–Crippen MR) is 105 cm³/mol. The summed E-state index contributed by atoms with van der Waals surface area (Å²) in [7, 11) is 1.63. The summed E-state index contributed by atoms with van der Waals surface area (Å²) in [6.07, 6.45) is 0. The second-order valence-electron chi connectivity index (χ2n) is 5.98. The number of hydrogen-bond donors (Lipinski definition) is 0. The van der Waals surface area contributed by atoms with Crippen LogP contribution in [-0.2, 0) is 6.67 Å². The van der Waals surface area contributed by atoms with Gasteiger partial charge in [0.1, 0.15) is 24.1 Å². The van der Waals surface area contributed by atoms with E-state index < -0.39 is 0 Å². The summed E-state index contributed by atoms with van der Waals surface area (Å²) in [5.41, 5.74) is 1.95. The van der Waals surface area contributed by atoms with Crippen molar-refractivity contribution in [3.63, 3.8) is 0 Å². The number of aromatic nitrogens is 2. The van der Waals surface area contributed by atoms with Crippen molar-refractivity contribution in [2.24, 2.45) is 0 Å². The van der Waals surface area contributed by atoms with Gasteiger partial charge in [0.25, 0.3) is 5.56 Å². The zero-order chi connectivity index (χ0) is 18.8. The Morgan fingerprint density at radius 1 is 1.15 bits per heavy atom. The number of ether oxygens (including phenoxy) is 1. The van der Waals surface area contributed by atoms with E-state index in [9.17, 15) is 10.1 Å². The van der Waals surface area contributed by atoms with Gasteiger partial charge in [-0.25, -0.2) is 4.98 Å². The van der Waals surface area contributed by atoms with Crippen LogP contribution in [0.3, 0.4) is 0 Å². The van der Waals surface area contributed by atoms with Gasteiger partial charge >= 0.3 is 0 Å². The number of rotatable bonds is 3. The molecule has 0 aliphatic carbocycles. The number of thioether (sulfide) groups is 1. The molecule has 0 saturated carbocycles. The Morgan fingerprint density at radius 3 is 2.56 bits per heavy atom. The summed E-state index contributed by atoms with van der Waals surface area (Å²) in [6, 6.07) is 19.1. The van der Waals surface area contributed by atoms with Gasteiger partial charge in [-0.2, -0.15) is 5.26 Å². The third kappa shape index (κ3) is 3.15.